The number of rotatable bonds is 4. The van der Waals surface area contributed by atoms with Crippen LogP contribution in [0.15, 0.2) is 72.8 Å². The van der Waals surface area contributed by atoms with Crippen molar-refractivity contribution in [3.8, 4) is 11.5 Å². The Morgan fingerprint density at radius 3 is 2.34 bits per heavy atom. The van der Waals surface area contributed by atoms with Crippen LogP contribution < -0.4 is 9.64 Å². The Labute approximate surface area is 190 Å². The minimum atomic E-state index is -0.454. The molecule has 6 rings (SSSR count). The van der Waals surface area contributed by atoms with E-state index < -0.39 is 5.92 Å². The van der Waals surface area contributed by atoms with Gasteiger partial charge in [0.2, 0.25) is 5.91 Å². The fourth-order valence-electron chi connectivity index (χ4n) is 4.56. The number of nitrogens with zero attached hydrogens (tertiary/aromatic N) is 2. The highest BCUT2D eigenvalue weighted by molar-refractivity contribution is 7.22. The highest BCUT2D eigenvalue weighted by Gasteiger charge is 2.37. The van der Waals surface area contributed by atoms with E-state index in [1.165, 1.54) is 0 Å². The van der Waals surface area contributed by atoms with Crippen LogP contribution in [0.1, 0.15) is 29.9 Å². The third-order valence-corrected chi connectivity index (χ3v) is 7.18. The predicted octanol–water partition coefficient (Wildman–Crippen LogP) is 5.75. The molecule has 1 saturated heterocycles. The Kier molecular flexibility index (Phi) is 4.89. The topological polar surface area (TPSA) is 51.7 Å². The molecule has 1 atom stereocenters. The Morgan fingerprint density at radius 1 is 0.969 bits per heavy atom. The number of carbonyl (C=O) groups excluding carboxylic acids is 1. The first-order valence-corrected chi connectivity index (χ1v) is 11.7. The minimum Gasteiger partial charge on any atom is -0.457 e. The lowest BCUT2D eigenvalue weighted by Crippen LogP contribution is -2.41. The number of carbonyl (C=O) groups is 1. The number of thiazole rings is 1. The third-order valence-electron chi connectivity index (χ3n) is 6.12. The van der Waals surface area contributed by atoms with Gasteiger partial charge in [-0.1, -0.05) is 59.9 Å². The molecule has 1 fully saturated rings. The van der Waals surface area contributed by atoms with Gasteiger partial charge in [0.15, 0.2) is 5.13 Å². The van der Waals surface area contributed by atoms with E-state index >= 15 is 0 Å². The maximum atomic E-state index is 14.3. The molecule has 0 radical (unpaired) electrons. The molecule has 2 aliphatic heterocycles. The number of hydrogen-bond acceptors (Lipinski definition) is 5. The highest BCUT2D eigenvalue weighted by atomic mass is 32.1. The van der Waals surface area contributed by atoms with Crippen LogP contribution in [0.3, 0.4) is 0 Å². The summed E-state index contributed by atoms with van der Waals surface area (Å²) in [6.07, 6.45) is 2.00. The summed E-state index contributed by atoms with van der Waals surface area (Å²) in [5.74, 6) is 1.00. The van der Waals surface area contributed by atoms with Gasteiger partial charge in [0.1, 0.15) is 11.5 Å². The maximum absolute atomic E-state index is 14.3. The molecule has 0 bridgehead atoms. The molecule has 3 heterocycles. The Balaban J connectivity index is 1.46. The predicted molar refractivity (Wildman–Crippen MR) is 126 cm³/mol. The fraction of sp³-hybridized carbons (Fsp3) is 0.231. The van der Waals surface area contributed by atoms with E-state index in [2.05, 4.69) is 0 Å². The molecule has 0 N–H and O–H groups in total. The van der Waals surface area contributed by atoms with Gasteiger partial charge in [-0.2, -0.15) is 0 Å². The molecule has 32 heavy (non-hydrogen) atoms. The number of amides is 1. The molecule has 4 aromatic rings. The quantitative estimate of drug-likeness (QED) is 0.404. The summed E-state index contributed by atoms with van der Waals surface area (Å²) >= 11 is 1.55. The molecule has 160 valence electrons. The number of anilines is 1. The Hall–Kier alpha value is -3.22. The third kappa shape index (κ3) is 3.36. The van der Waals surface area contributed by atoms with E-state index in [9.17, 15) is 4.79 Å². The van der Waals surface area contributed by atoms with E-state index in [-0.39, 0.29) is 12.0 Å². The van der Waals surface area contributed by atoms with Crippen LogP contribution in [0.5, 0.6) is 11.5 Å². The van der Waals surface area contributed by atoms with Crippen molar-refractivity contribution in [2.45, 2.75) is 24.9 Å². The van der Waals surface area contributed by atoms with Crippen molar-refractivity contribution in [2.24, 2.45) is 0 Å². The Bertz CT molecular complexity index is 1220. The van der Waals surface area contributed by atoms with Crippen LogP contribution >= 0.6 is 11.3 Å². The Morgan fingerprint density at radius 2 is 1.66 bits per heavy atom. The van der Waals surface area contributed by atoms with Gasteiger partial charge >= 0.3 is 0 Å². The zero-order valence-electron chi connectivity index (χ0n) is 17.4. The highest BCUT2D eigenvalue weighted by Crippen LogP contribution is 2.45. The van der Waals surface area contributed by atoms with Crippen LogP contribution in [0, 0.1) is 0 Å². The van der Waals surface area contributed by atoms with Crippen molar-refractivity contribution in [3.63, 3.8) is 0 Å². The van der Waals surface area contributed by atoms with Gasteiger partial charge in [-0.3, -0.25) is 9.69 Å². The summed E-state index contributed by atoms with van der Waals surface area (Å²) in [6.45, 7) is 1.25. The zero-order chi connectivity index (χ0) is 21.5. The maximum Gasteiger partial charge on any atom is 0.241 e. The summed E-state index contributed by atoms with van der Waals surface area (Å²) < 4.78 is 13.1. The molecule has 2 aliphatic rings. The number of fused-ring (bicyclic) bond motifs is 3. The van der Waals surface area contributed by atoms with Crippen molar-refractivity contribution in [1.82, 2.24) is 4.98 Å². The molecule has 5 nitrogen and oxygen atoms in total. The lowest BCUT2D eigenvalue weighted by Gasteiger charge is -2.32. The van der Waals surface area contributed by atoms with Crippen LogP contribution in [-0.2, 0) is 9.53 Å². The van der Waals surface area contributed by atoms with E-state index in [0.29, 0.717) is 11.7 Å². The van der Waals surface area contributed by atoms with Gasteiger partial charge in [-0.05, 0) is 37.1 Å². The fourth-order valence-corrected chi connectivity index (χ4v) is 5.54. The van der Waals surface area contributed by atoms with Crippen molar-refractivity contribution >= 4 is 32.6 Å². The van der Waals surface area contributed by atoms with Crippen LogP contribution in [0.4, 0.5) is 5.13 Å². The van der Waals surface area contributed by atoms with Gasteiger partial charge < -0.3 is 9.47 Å². The summed E-state index contributed by atoms with van der Waals surface area (Å²) in [5, 5.41) is 0.716. The summed E-state index contributed by atoms with van der Waals surface area (Å²) in [6, 6.07) is 23.6. The molecule has 0 spiro atoms. The largest absolute Gasteiger partial charge is 0.457 e. The summed E-state index contributed by atoms with van der Waals surface area (Å²) in [4.78, 5) is 20.9. The van der Waals surface area contributed by atoms with E-state index in [0.717, 1.165) is 52.3 Å². The number of hydrogen-bond donors (Lipinski definition) is 0. The SMILES string of the molecule is O=C(C1c2ccccc2Oc2ccccc21)N(C[C@@H]1CCCO1)c1nc2ccccc2s1. The molecule has 0 unspecified atom stereocenters. The molecule has 6 heteroatoms. The molecule has 1 aromatic heterocycles. The first kappa shape index (κ1) is 19.5. The van der Waals surface area contributed by atoms with E-state index in [4.69, 9.17) is 14.5 Å². The molecule has 0 aliphatic carbocycles. The lowest BCUT2D eigenvalue weighted by molar-refractivity contribution is -0.119. The standard InChI is InChI=1S/C26H22N2O3S/c29-25(24-18-9-1-4-12-21(18)31-22-13-5-2-10-19(22)24)28(16-17-8-7-15-30-17)26-27-20-11-3-6-14-23(20)32-26/h1-6,9-14,17,24H,7-8,15-16H2/t17-/m0/s1. The molecule has 0 saturated carbocycles. The molecular formula is C26H22N2O3S. The van der Waals surface area contributed by atoms with Crippen molar-refractivity contribution in [1.29, 1.82) is 0 Å². The lowest BCUT2D eigenvalue weighted by atomic mass is 9.87. The summed E-state index contributed by atoms with van der Waals surface area (Å²) in [5.41, 5.74) is 2.68. The van der Waals surface area contributed by atoms with Gasteiger partial charge in [0.25, 0.3) is 0 Å². The van der Waals surface area contributed by atoms with Gasteiger partial charge in [-0.25, -0.2) is 4.98 Å². The van der Waals surface area contributed by atoms with Gasteiger partial charge in [0, 0.05) is 17.7 Å². The first-order valence-electron chi connectivity index (χ1n) is 10.9. The number of benzene rings is 3. The monoisotopic (exact) mass is 442 g/mol. The van der Waals surface area contributed by atoms with Crippen LogP contribution in [-0.4, -0.2) is 30.1 Å². The molecular weight excluding hydrogens is 420 g/mol. The van der Waals surface area contributed by atoms with Gasteiger partial charge in [-0.15, -0.1) is 0 Å². The smallest absolute Gasteiger partial charge is 0.241 e. The molecule has 1 amide bonds. The zero-order valence-corrected chi connectivity index (χ0v) is 18.3. The summed E-state index contributed by atoms with van der Waals surface area (Å²) in [7, 11) is 0. The average Bonchev–Trinajstić information content (AvgIpc) is 3.50. The average molecular weight is 443 g/mol. The normalized spacial score (nSPS) is 17.6. The van der Waals surface area contributed by atoms with Crippen molar-refractivity contribution < 1.29 is 14.3 Å². The van der Waals surface area contributed by atoms with Crippen molar-refractivity contribution in [3.05, 3.63) is 83.9 Å². The number of aromatic nitrogens is 1. The number of ether oxygens (including phenoxy) is 2. The van der Waals surface area contributed by atoms with E-state index in [1.807, 2.05) is 77.7 Å². The molecule has 3 aromatic carbocycles. The second-order valence-electron chi connectivity index (χ2n) is 8.16. The first-order chi connectivity index (χ1) is 15.8. The van der Waals surface area contributed by atoms with Crippen molar-refractivity contribution in [2.75, 3.05) is 18.1 Å². The van der Waals surface area contributed by atoms with E-state index in [1.54, 1.807) is 11.3 Å². The minimum absolute atomic E-state index is 0.00255. The second-order valence-corrected chi connectivity index (χ2v) is 9.17. The second kappa shape index (κ2) is 8.04. The van der Waals surface area contributed by atoms with Crippen LogP contribution in [0.2, 0.25) is 0 Å². The number of para-hydroxylation sites is 3. The van der Waals surface area contributed by atoms with Gasteiger partial charge in [0.05, 0.1) is 28.8 Å². The van der Waals surface area contributed by atoms with Crippen LogP contribution in [0.25, 0.3) is 10.2 Å².